The average molecular weight is 273 g/mol. The largest absolute Gasteiger partial charge is 0.311 e. The van der Waals surface area contributed by atoms with E-state index in [0.29, 0.717) is 18.7 Å². The fourth-order valence-electron chi connectivity index (χ4n) is 1.39. The van der Waals surface area contributed by atoms with Crippen LogP contribution in [0.5, 0.6) is 0 Å². The molecule has 3 nitrogen and oxygen atoms in total. The summed E-state index contributed by atoms with van der Waals surface area (Å²) >= 11 is 0. The van der Waals surface area contributed by atoms with E-state index in [-0.39, 0.29) is 5.82 Å². The topological polar surface area (TPSA) is 46.2 Å². The Balaban J connectivity index is 2.60. The molecule has 18 heavy (non-hydrogen) atoms. The Morgan fingerprint density at radius 3 is 2.44 bits per heavy atom. The Morgan fingerprint density at radius 2 is 1.94 bits per heavy atom. The molecule has 0 aromatic heterocycles. The van der Waals surface area contributed by atoms with Gasteiger partial charge in [0.25, 0.3) is 0 Å². The van der Waals surface area contributed by atoms with Crippen molar-refractivity contribution in [1.29, 1.82) is 0 Å². The molecule has 0 aliphatic heterocycles. The lowest BCUT2D eigenvalue weighted by atomic mass is 10.1. The summed E-state index contributed by atoms with van der Waals surface area (Å²) in [4.78, 5) is 0. The number of rotatable bonds is 5. The van der Waals surface area contributed by atoms with E-state index in [1.165, 1.54) is 12.3 Å². The van der Waals surface area contributed by atoms with Crippen LogP contribution in [0.4, 0.5) is 4.39 Å². The summed E-state index contributed by atoms with van der Waals surface area (Å²) in [7, 11) is -3.11. The fraction of sp³-hybridized carbons (Fsp3) is 0.538. The van der Waals surface area contributed by atoms with Gasteiger partial charge in [-0.2, -0.15) is 0 Å². The lowest BCUT2D eigenvalue weighted by Gasteiger charge is -2.22. The van der Waals surface area contributed by atoms with Gasteiger partial charge in [0.1, 0.15) is 5.82 Å². The Kier molecular flexibility index (Phi) is 4.50. The lowest BCUT2D eigenvalue weighted by molar-refractivity contribution is 0.520. The van der Waals surface area contributed by atoms with Crippen LogP contribution in [-0.2, 0) is 16.4 Å². The van der Waals surface area contributed by atoms with E-state index in [2.05, 4.69) is 5.32 Å². The number of sulfone groups is 1. The molecule has 0 radical (unpaired) electrons. The highest BCUT2D eigenvalue weighted by Crippen LogP contribution is 2.14. The Hall–Kier alpha value is -0.940. The molecule has 1 N–H and O–H groups in total. The molecule has 0 atom stereocenters. The zero-order chi connectivity index (χ0) is 14.0. The molecule has 5 heteroatoms. The van der Waals surface area contributed by atoms with Crippen LogP contribution in [0.3, 0.4) is 0 Å². The van der Waals surface area contributed by atoms with Crippen molar-refractivity contribution in [3.63, 3.8) is 0 Å². The molecule has 0 amide bonds. The van der Waals surface area contributed by atoms with E-state index in [1.54, 1.807) is 26.8 Å². The summed E-state index contributed by atoms with van der Waals surface area (Å²) < 4.78 is 35.5. The van der Waals surface area contributed by atoms with Crippen LogP contribution in [0.1, 0.15) is 25.0 Å². The molecule has 0 heterocycles. The molecule has 0 fully saturated rings. The Morgan fingerprint density at radius 1 is 1.33 bits per heavy atom. The third kappa shape index (κ3) is 3.78. The molecule has 0 spiro atoms. The summed E-state index contributed by atoms with van der Waals surface area (Å²) in [5.41, 5.74) is 1.41. The predicted molar refractivity (Wildman–Crippen MR) is 71.8 cm³/mol. The summed E-state index contributed by atoms with van der Waals surface area (Å²) in [6.45, 7) is 5.84. The van der Waals surface area contributed by atoms with Crippen LogP contribution in [0.25, 0.3) is 0 Å². The van der Waals surface area contributed by atoms with Gasteiger partial charge in [-0.25, -0.2) is 12.8 Å². The number of benzene rings is 1. The van der Waals surface area contributed by atoms with Crippen molar-refractivity contribution in [3.8, 4) is 0 Å². The van der Waals surface area contributed by atoms with Gasteiger partial charge in [-0.15, -0.1) is 0 Å². The first kappa shape index (κ1) is 15.1. The maximum atomic E-state index is 13.3. The van der Waals surface area contributed by atoms with Gasteiger partial charge in [-0.05, 0) is 38.0 Å². The van der Waals surface area contributed by atoms with Crippen LogP contribution in [0, 0.1) is 12.7 Å². The molecule has 1 rings (SSSR count). The molecule has 1 aromatic carbocycles. The highest BCUT2D eigenvalue weighted by atomic mass is 32.2. The Labute approximate surface area is 108 Å². The van der Waals surface area contributed by atoms with Gasteiger partial charge in [0.05, 0.1) is 4.75 Å². The third-order valence-electron chi connectivity index (χ3n) is 3.12. The number of nitrogens with one attached hydrogen (secondary N) is 1. The average Bonchev–Trinajstić information content (AvgIpc) is 2.21. The first-order valence-electron chi connectivity index (χ1n) is 5.79. The van der Waals surface area contributed by atoms with Gasteiger partial charge >= 0.3 is 0 Å². The maximum Gasteiger partial charge on any atom is 0.153 e. The number of aryl methyl sites for hydroxylation is 1. The zero-order valence-corrected chi connectivity index (χ0v) is 12.1. The molecule has 0 aliphatic rings. The van der Waals surface area contributed by atoms with E-state index in [1.807, 2.05) is 6.07 Å². The van der Waals surface area contributed by atoms with Crippen molar-refractivity contribution < 1.29 is 12.8 Å². The molecule has 0 unspecified atom stereocenters. The second-order valence-electron chi connectivity index (χ2n) is 5.22. The van der Waals surface area contributed by atoms with Crippen LogP contribution >= 0.6 is 0 Å². The van der Waals surface area contributed by atoms with Gasteiger partial charge in [-0.3, -0.25) is 0 Å². The zero-order valence-electron chi connectivity index (χ0n) is 11.2. The lowest BCUT2D eigenvalue weighted by Crippen LogP contribution is -2.41. The molecular weight excluding hydrogens is 253 g/mol. The smallest absolute Gasteiger partial charge is 0.153 e. The van der Waals surface area contributed by atoms with E-state index < -0.39 is 14.6 Å². The Bertz CT molecular complexity index is 524. The molecular formula is C13H20FNO2S. The van der Waals surface area contributed by atoms with Gasteiger partial charge in [0.15, 0.2) is 9.84 Å². The highest BCUT2D eigenvalue weighted by molar-refractivity contribution is 7.92. The van der Waals surface area contributed by atoms with Crippen LogP contribution < -0.4 is 5.32 Å². The molecule has 0 saturated carbocycles. The van der Waals surface area contributed by atoms with Gasteiger partial charge in [0.2, 0.25) is 0 Å². The van der Waals surface area contributed by atoms with E-state index in [4.69, 9.17) is 0 Å². The summed E-state index contributed by atoms with van der Waals surface area (Å²) in [5.74, 6) is -0.239. The van der Waals surface area contributed by atoms with Gasteiger partial charge < -0.3 is 5.32 Å². The first-order valence-corrected chi connectivity index (χ1v) is 7.68. The van der Waals surface area contributed by atoms with Crippen molar-refractivity contribution in [2.24, 2.45) is 0 Å². The fourth-order valence-corrected chi connectivity index (χ4v) is 1.75. The summed E-state index contributed by atoms with van der Waals surface area (Å²) in [6, 6.07) is 5.02. The molecule has 0 saturated heterocycles. The third-order valence-corrected chi connectivity index (χ3v) is 5.27. The van der Waals surface area contributed by atoms with Crippen LogP contribution in [0.15, 0.2) is 18.2 Å². The van der Waals surface area contributed by atoms with Crippen molar-refractivity contribution in [2.75, 3.05) is 12.8 Å². The van der Waals surface area contributed by atoms with E-state index in [9.17, 15) is 12.8 Å². The monoisotopic (exact) mass is 273 g/mol. The van der Waals surface area contributed by atoms with Crippen LogP contribution in [-0.4, -0.2) is 26.0 Å². The summed E-state index contributed by atoms with van der Waals surface area (Å²) in [6.07, 6.45) is 1.22. The number of hydrogen-bond acceptors (Lipinski definition) is 3. The minimum atomic E-state index is -3.11. The summed E-state index contributed by atoms with van der Waals surface area (Å²) in [5, 5.41) is 3.05. The van der Waals surface area contributed by atoms with Crippen molar-refractivity contribution in [1.82, 2.24) is 5.32 Å². The number of halogens is 1. The molecule has 102 valence electrons. The maximum absolute atomic E-state index is 13.3. The second-order valence-corrected chi connectivity index (χ2v) is 7.87. The van der Waals surface area contributed by atoms with Crippen molar-refractivity contribution in [3.05, 3.63) is 35.1 Å². The first-order chi connectivity index (χ1) is 8.13. The van der Waals surface area contributed by atoms with Crippen LogP contribution in [0.2, 0.25) is 0 Å². The van der Waals surface area contributed by atoms with Gasteiger partial charge in [0, 0.05) is 19.3 Å². The standard InChI is InChI=1S/C13H20FNO2S/c1-10-5-6-11(7-12(10)14)8-15-9-13(2,3)18(4,16)17/h5-7,15H,8-9H2,1-4H3. The number of hydrogen-bond donors (Lipinski definition) is 1. The van der Waals surface area contributed by atoms with E-state index in [0.717, 1.165) is 5.56 Å². The van der Waals surface area contributed by atoms with Gasteiger partial charge in [-0.1, -0.05) is 12.1 Å². The second kappa shape index (κ2) is 5.36. The molecule has 1 aromatic rings. The minimum Gasteiger partial charge on any atom is -0.311 e. The van der Waals surface area contributed by atoms with E-state index >= 15 is 0 Å². The normalized spacial score (nSPS) is 12.7. The molecule has 0 bridgehead atoms. The minimum absolute atomic E-state index is 0.239. The van der Waals surface area contributed by atoms with Crippen molar-refractivity contribution in [2.45, 2.75) is 32.1 Å². The highest BCUT2D eigenvalue weighted by Gasteiger charge is 2.29. The van der Waals surface area contributed by atoms with Crippen molar-refractivity contribution >= 4 is 9.84 Å². The predicted octanol–water partition coefficient (Wildman–Crippen LogP) is 2.05. The SMILES string of the molecule is Cc1ccc(CNCC(C)(C)S(C)(=O)=O)cc1F. The molecule has 0 aliphatic carbocycles. The quantitative estimate of drug-likeness (QED) is 0.893.